The lowest BCUT2D eigenvalue weighted by atomic mass is 9.93. The van der Waals surface area contributed by atoms with E-state index in [0.717, 1.165) is 38.9 Å². The molecule has 0 bridgehead atoms. The fourth-order valence-corrected chi connectivity index (χ4v) is 3.38. The monoisotopic (exact) mass is 332 g/mol. The SMILES string of the molecule is CNCCC1CCN(C(=O)c2c(C)oc3ncn(C)c(=O)c23)CC1. The Balaban J connectivity index is 1.84. The quantitative estimate of drug-likeness (QED) is 0.913. The summed E-state index contributed by atoms with van der Waals surface area (Å²) in [5.41, 5.74) is 0.360. The molecule has 1 fully saturated rings. The molecule has 0 aliphatic carbocycles. The molecule has 0 unspecified atom stereocenters. The molecule has 24 heavy (non-hydrogen) atoms. The molecule has 130 valence electrons. The van der Waals surface area contributed by atoms with Crippen molar-refractivity contribution in [3.8, 4) is 0 Å². The Bertz CT molecular complexity index is 800. The number of carbonyl (C=O) groups is 1. The highest BCUT2D eigenvalue weighted by Crippen LogP contribution is 2.26. The van der Waals surface area contributed by atoms with Crippen molar-refractivity contribution in [2.45, 2.75) is 26.2 Å². The maximum atomic E-state index is 13.0. The molecule has 2 aromatic heterocycles. The Morgan fingerprint density at radius 2 is 2.12 bits per heavy atom. The van der Waals surface area contributed by atoms with Crippen LogP contribution in [0.5, 0.6) is 0 Å². The van der Waals surface area contributed by atoms with Crippen molar-refractivity contribution in [1.82, 2.24) is 19.8 Å². The number of aryl methyl sites for hydroxylation is 2. The van der Waals surface area contributed by atoms with Crippen LogP contribution in [0, 0.1) is 12.8 Å². The van der Waals surface area contributed by atoms with E-state index in [9.17, 15) is 9.59 Å². The predicted molar refractivity (Wildman–Crippen MR) is 91.2 cm³/mol. The number of furan rings is 1. The number of amides is 1. The van der Waals surface area contributed by atoms with Gasteiger partial charge in [-0.2, -0.15) is 0 Å². The van der Waals surface area contributed by atoms with Crippen molar-refractivity contribution < 1.29 is 9.21 Å². The number of hydrogen-bond acceptors (Lipinski definition) is 5. The number of likely N-dealkylation sites (tertiary alicyclic amines) is 1. The van der Waals surface area contributed by atoms with E-state index in [2.05, 4.69) is 10.3 Å². The van der Waals surface area contributed by atoms with E-state index in [4.69, 9.17) is 4.42 Å². The number of nitrogens with zero attached hydrogens (tertiary/aromatic N) is 3. The van der Waals surface area contributed by atoms with Gasteiger partial charge in [-0.05, 0) is 45.7 Å². The van der Waals surface area contributed by atoms with Crippen LogP contribution >= 0.6 is 0 Å². The summed E-state index contributed by atoms with van der Waals surface area (Å²) in [5, 5.41) is 3.47. The van der Waals surface area contributed by atoms with Crippen molar-refractivity contribution >= 4 is 17.0 Å². The molecular formula is C17H24N4O3. The molecule has 1 aliphatic rings. The lowest BCUT2D eigenvalue weighted by Crippen LogP contribution is -2.39. The molecule has 0 aromatic carbocycles. The molecule has 1 amide bonds. The largest absolute Gasteiger partial charge is 0.442 e. The first kappa shape index (κ1) is 16.7. The number of fused-ring (bicyclic) bond motifs is 1. The van der Waals surface area contributed by atoms with Crippen molar-refractivity contribution in [3.05, 3.63) is 28.0 Å². The second-order valence-electron chi connectivity index (χ2n) is 6.50. The lowest BCUT2D eigenvalue weighted by molar-refractivity contribution is 0.0687. The van der Waals surface area contributed by atoms with Gasteiger partial charge in [-0.3, -0.25) is 9.59 Å². The average Bonchev–Trinajstić information content (AvgIpc) is 2.93. The standard InChI is InChI=1S/C17H24N4O3/c1-11-13(14-15(24-11)19-10-20(3)16(14)22)17(23)21-8-5-12(6-9-21)4-7-18-2/h10,12,18H,4-9H2,1-3H3. The van der Waals surface area contributed by atoms with E-state index in [1.54, 1.807) is 14.0 Å². The van der Waals surface area contributed by atoms with E-state index < -0.39 is 0 Å². The minimum Gasteiger partial charge on any atom is -0.442 e. The second kappa shape index (κ2) is 6.76. The van der Waals surface area contributed by atoms with Crippen LogP contribution in [-0.4, -0.2) is 47.0 Å². The summed E-state index contributed by atoms with van der Waals surface area (Å²) in [6, 6.07) is 0. The molecule has 1 aliphatic heterocycles. The van der Waals surface area contributed by atoms with Gasteiger partial charge in [-0.1, -0.05) is 0 Å². The van der Waals surface area contributed by atoms with Crippen LogP contribution in [0.2, 0.25) is 0 Å². The predicted octanol–water partition coefficient (Wildman–Crippen LogP) is 1.30. The highest BCUT2D eigenvalue weighted by Gasteiger charge is 2.29. The lowest BCUT2D eigenvalue weighted by Gasteiger charge is -2.32. The zero-order chi connectivity index (χ0) is 17.3. The highest BCUT2D eigenvalue weighted by atomic mass is 16.3. The van der Waals surface area contributed by atoms with E-state index in [1.807, 2.05) is 11.9 Å². The van der Waals surface area contributed by atoms with Gasteiger partial charge in [0.2, 0.25) is 5.71 Å². The smallest absolute Gasteiger partial charge is 0.265 e. The highest BCUT2D eigenvalue weighted by molar-refractivity contribution is 6.06. The first-order valence-electron chi connectivity index (χ1n) is 8.41. The summed E-state index contributed by atoms with van der Waals surface area (Å²) >= 11 is 0. The van der Waals surface area contributed by atoms with Crippen LogP contribution in [0.25, 0.3) is 11.1 Å². The minimum absolute atomic E-state index is 0.122. The van der Waals surface area contributed by atoms with Crippen molar-refractivity contribution in [3.63, 3.8) is 0 Å². The first-order valence-corrected chi connectivity index (χ1v) is 8.41. The molecule has 1 N–H and O–H groups in total. The normalized spacial score (nSPS) is 16.0. The Hall–Kier alpha value is -2.15. The number of rotatable bonds is 4. The van der Waals surface area contributed by atoms with Crippen molar-refractivity contribution in [1.29, 1.82) is 0 Å². The summed E-state index contributed by atoms with van der Waals surface area (Å²) in [7, 11) is 3.58. The summed E-state index contributed by atoms with van der Waals surface area (Å²) in [6.45, 7) is 4.17. The van der Waals surface area contributed by atoms with Gasteiger partial charge in [-0.25, -0.2) is 4.98 Å². The van der Waals surface area contributed by atoms with E-state index in [0.29, 0.717) is 22.6 Å². The summed E-state index contributed by atoms with van der Waals surface area (Å²) in [5.74, 6) is 0.991. The Morgan fingerprint density at radius 3 is 2.79 bits per heavy atom. The van der Waals surface area contributed by atoms with Gasteiger partial charge >= 0.3 is 0 Å². The number of hydrogen-bond donors (Lipinski definition) is 1. The molecule has 0 atom stereocenters. The zero-order valence-electron chi connectivity index (χ0n) is 14.5. The molecule has 0 saturated carbocycles. The molecule has 7 heteroatoms. The maximum Gasteiger partial charge on any atom is 0.265 e. The fraction of sp³-hybridized carbons (Fsp3) is 0.588. The van der Waals surface area contributed by atoms with Crippen LogP contribution in [0.4, 0.5) is 0 Å². The summed E-state index contributed by atoms with van der Waals surface area (Å²) < 4.78 is 6.91. The summed E-state index contributed by atoms with van der Waals surface area (Å²) in [4.78, 5) is 31.3. The molecule has 3 rings (SSSR count). The van der Waals surface area contributed by atoms with Gasteiger partial charge < -0.3 is 19.2 Å². The van der Waals surface area contributed by atoms with Gasteiger partial charge in [0.1, 0.15) is 17.5 Å². The Morgan fingerprint density at radius 1 is 1.42 bits per heavy atom. The van der Waals surface area contributed by atoms with Crippen LogP contribution in [0.15, 0.2) is 15.5 Å². The third kappa shape index (κ3) is 2.96. The van der Waals surface area contributed by atoms with Crippen LogP contribution in [0.1, 0.15) is 35.4 Å². The third-order valence-corrected chi connectivity index (χ3v) is 4.87. The molecule has 1 saturated heterocycles. The Labute approximate surface area is 140 Å². The number of nitrogens with one attached hydrogen (secondary N) is 1. The molecule has 3 heterocycles. The van der Waals surface area contributed by atoms with Gasteiger partial charge in [0.15, 0.2) is 0 Å². The van der Waals surface area contributed by atoms with Gasteiger partial charge in [0.25, 0.3) is 11.5 Å². The van der Waals surface area contributed by atoms with Crippen LogP contribution in [0.3, 0.4) is 0 Å². The number of carbonyl (C=O) groups excluding carboxylic acids is 1. The second-order valence-corrected chi connectivity index (χ2v) is 6.50. The van der Waals surface area contributed by atoms with Gasteiger partial charge in [0, 0.05) is 20.1 Å². The van der Waals surface area contributed by atoms with E-state index in [-0.39, 0.29) is 17.2 Å². The number of piperidine rings is 1. The van der Waals surface area contributed by atoms with Gasteiger partial charge in [-0.15, -0.1) is 0 Å². The summed E-state index contributed by atoms with van der Waals surface area (Å²) in [6.07, 6.45) is 4.54. The first-order chi connectivity index (χ1) is 11.5. The molecule has 2 aromatic rings. The molecule has 7 nitrogen and oxygen atoms in total. The topological polar surface area (TPSA) is 80.4 Å². The molecule has 0 spiro atoms. The van der Waals surface area contributed by atoms with Crippen molar-refractivity contribution in [2.24, 2.45) is 13.0 Å². The zero-order valence-corrected chi connectivity index (χ0v) is 14.5. The van der Waals surface area contributed by atoms with E-state index >= 15 is 0 Å². The van der Waals surface area contributed by atoms with E-state index in [1.165, 1.54) is 10.9 Å². The third-order valence-electron chi connectivity index (χ3n) is 4.87. The van der Waals surface area contributed by atoms with Gasteiger partial charge in [0.05, 0.1) is 5.56 Å². The minimum atomic E-state index is -0.246. The maximum absolute atomic E-state index is 13.0. The Kier molecular flexibility index (Phi) is 4.71. The molecule has 0 radical (unpaired) electrons. The number of aromatic nitrogens is 2. The van der Waals surface area contributed by atoms with Crippen molar-refractivity contribution in [2.75, 3.05) is 26.7 Å². The van der Waals surface area contributed by atoms with Crippen LogP contribution < -0.4 is 10.9 Å². The molecular weight excluding hydrogens is 308 g/mol. The van der Waals surface area contributed by atoms with Crippen LogP contribution in [-0.2, 0) is 7.05 Å². The average molecular weight is 332 g/mol. The fourth-order valence-electron chi connectivity index (χ4n) is 3.38.